The van der Waals surface area contributed by atoms with Gasteiger partial charge in [-0.1, -0.05) is 22.7 Å². The van der Waals surface area contributed by atoms with Crippen LogP contribution >= 0.6 is 0 Å². The number of benzene rings is 1. The average molecular weight is 175 g/mol. The second kappa shape index (κ2) is 3.34. The van der Waals surface area contributed by atoms with Gasteiger partial charge < -0.3 is 0 Å². The van der Waals surface area contributed by atoms with Crippen molar-refractivity contribution in [2.75, 3.05) is 4.53 Å². The number of rotatable bonds is 2. The van der Waals surface area contributed by atoms with Crippen LogP contribution in [0.1, 0.15) is 0 Å². The minimum atomic E-state index is -3.17. The highest BCUT2D eigenvalue weighted by Crippen LogP contribution is 2.12. The Bertz CT molecular complexity index is 291. The molecule has 0 N–H and O–H groups in total. The third-order valence-electron chi connectivity index (χ3n) is 1.11. The predicted molar refractivity (Wildman–Crippen MR) is 40.3 cm³/mol. The van der Waals surface area contributed by atoms with Gasteiger partial charge in [0.05, 0.1) is 5.69 Å². The summed E-state index contributed by atoms with van der Waals surface area (Å²) in [7, 11) is -3.17. The molecule has 0 fully saturated rings. The Balaban J connectivity index is 2.94. The number of nitrogens with zero attached hydrogens (tertiary/aromatic N) is 1. The summed E-state index contributed by atoms with van der Waals surface area (Å²) in [6.07, 6.45) is 0. The first-order valence-electron chi connectivity index (χ1n) is 2.87. The summed E-state index contributed by atoms with van der Waals surface area (Å²) in [5.74, 6) is 0. The van der Waals surface area contributed by atoms with Crippen LogP contribution in [-0.2, 0) is 10.9 Å². The summed E-state index contributed by atoms with van der Waals surface area (Å²) in [5.41, 5.74) is 0.0172. The Hall–Kier alpha value is -1.10. The van der Waals surface area contributed by atoms with Crippen molar-refractivity contribution >= 4 is 16.6 Å². The van der Waals surface area contributed by atoms with Gasteiger partial charge in [0.1, 0.15) is 0 Å². The molecule has 60 valence electrons. The summed E-state index contributed by atoms with van der Waals surface area (Å²) < 4.78 is 32.4. The smallest absolute Gasteiger partial charge is 0.207 e. The molecule has 3 nitrogen and oxygen atoms in total. The highest BCUT2D eigenvalue weighted by atomic mass is 32.2. The van der Waals surface area contributed by atoms with E-state index in [0.717, 1.165) is 0 Å². The Morgan fingerprint density at radius 2 is 1.73 bits per heavy atom. The van der Waals surface area contributed by atoms with Crippen LogP contribution < -0.4 is 4.53 Å². The molecule has 0 atom stereocenters. The largest absolute Gasteiger partial charge is 0.251 e. The number of halogens is 1. The van der Waals surface area contributed by atoms with E-state index in [4.69, 9.17) is 0 Å². The standard InChI is InChI=1S/C6H6FNO2S/c7-8(11(9)10)6-4-2-1-3-5-6/h1-5,11H. The molecule has 1 aromatic rings. The van der Waals surface area contributed by atoms with Gasteiger partial charge in [0.15, 0.2) is 0 Å². The maximum atomic E-state index is 12.5. The topological polar surface area (TPSA) is 37.4 Å². The van der Waals surface area contributed by atoms with Crippen LogP contribution in [0.4, 0.5) is 10.2 Å². The molecule has 1 rings (SSSR count). The van der Waals surface area contributed by atoms with Crippen molar-refractivity contribution in [2.24, 2.45) is 0 Å². The van der Waals surface area contributed by atoms with E-state index >= 15 is 0 Å². The van der Waals surface area contributed by atoms with Gasteiger partial charge >= 0.3 is 0 Å². The van der Waals surface area contributed by atoms with Crippen LogP contribution in [0.2, 0.25) is 0 Å². The molecular weight excluding hydrogens is 169 g/mol. The lowest BCUT2D eigenvalue weighted by Gasteiger charge is -2.02. The van der Waals surface area contributed by atoms with E-state index in [0.29, 0.717) is 0 Å². The maximum Gasteiger partial charge on any atom is 0.251 e. The molecule has 0 heterocycles. The SMILES string of the molecule is O=[SH](=O)N(F)c1ccccc1. The van der Waals surface area contributed by atoms with Crippen LogP contribution in [0, 0.1) is 0 Å². The summed E-state index contributed by atoms with van der Waals surface area (Å²) in [5, 5.41) is 0. The minimum Gasteiger partial charge on any atom is -0.207 e. The third kappa shape index (κ3) is 1.91. The van der Waals surface area contributed by atoms with Crippen molar-refractivity contribution in [3.63, 3.8) is 0 Å². The van der Waals surface area contributed by atoms with Crippen molar-refractivity contribution in [2.45, 2.75) is 0 Å². The predicted octanol–water partition coefficient (Wildman–Crippen LogP) is 0.904. The molecule has 0 aliphatic carbocycles. The summed E-state index contributed by atoms with van der Waals surface area (Å²) in [4.78, 5) is 0. The van der Waals surface area contributed by atoms with Gasteiger partial charge in [-0.3, -0.25) is 0 Å². The van der Waals surface area contributed by atoms with E-state index in [9.17, 15) is 12.9 Å². The fourth-order valence-corrected chi connectivity index (χ4v) is 0.967. The van der Waals surface area contributed by atoms with Gasteiger partial charge in [0, 0.05) is 0 Å². The van der Waals surface area contributed by atoms with Gasteiger partial charge in [-0.15, -0.1) is 4.53 Å². The number of anilines is 1. The zero-order chi connectivity index (χ0) is 8.27. The normalized spacial score (nSPS) is 10.0. The van der Waals surface area contributed by atoms with Crippen molar-refractivity contribution < 1.29 is 12.9 Å². The maximum absolute atomic E-state index is 12.5. The van der Waals surface area contributed by atoms with Crippen LogP contribution in [0.15, 0.2) is 30.3 Å². The number of thiol groups is 1. The van der Waals surface area contributed by atoms with E-state index in [-0.39, 0.29) is 10.2 Å². The summed E-state index contributed by atoms with van der Waals surface area (Å²) in [6, 6.07) is 7.52. The molecule has 0 saturated heterocycles. The molecule has 0 bridgehead atoms. The molecular formula is C6H6FNO2S. The molecule has 0 aromatic heterocycles. The first kappa shape index (κ1) is 8.00. The highest BCUT2D eigenvalue weighted by Gasteiger charge is 2.03. The molecule has 0 aliphatic rings. The van der Waals surface area contributed by atoms with Crippen molar-refractivity contribution in [3.8, 4) is 0 Å². The fraction of sp³-hybridized carbons (Fsp3) is 0. The Morgan fingerprint density at radius 1 is 1.18 bits per heavy atom. The van der Waals surface area contributed by atoms with Gasteiger partial charge in [-0.25, -0.2) is 8.42 Å². The van der Waals surface area contributed by atoms with Gasteiger partial charge in [-0.05, 0) is 12.1 Å². The zero-order valence-corrected chi connectivity index (χ0v) is 6.37. The Morgan fingerprint density at radius 3 is 2.18 bits per heavy atom. The van der Waals surface area contributed by atoms with Gasteiger partial charge in [0.2, 0.25) is 0 Å². The quantitative estimate of drug-likeness (QED) is 0.535. The lowest BCUT2D eigenvalue weighted by molar-refractivity contribution is 0.508. The number of hydrogen-bond donors (Lipinski definition) is 1. The monoisotopic (exact) mass is 175 g/mol. The lowest BCUT2D eigenvalue weighted by Crippen LogP contribution is -2.07. The average Bonchev–Trinajstić information content (AvgIpc) is 2.05. The molecule has 1 aromatic carbocycles. The minimum absolute atomic E-state index is 0.0172. The molecule has 0 spiro atoms. The zero-order valence-electron chi connectivity index (χ0n) is 5.48. The van der Waals surface area contributed by atoms with Crippen LogP contribution in [0.5, 0.6) is 0 Å². The molecule has 0 aliphatic heterocycles. The first-order valence-corrected chi connectivity index (χ1v) is 4.00. The first-order chi connectivity index (χ1) is 5.22. The molecule has 0 unspecified atom stereocenters. The van der Waals surface area contributed by atoms with Crippen molar-refractivity contribution in [1.82, 2.24) is 0 Å². The van der Waals surface area contributed by atoms with Crippen LogP contribution in [0.3, 0.4) is 0 Å². The second-order valence-corrected chi connectivity index (χ2v) is 2.66. The molecule has 5 heteroatoms. The number of para-hydroxylation sites is 1. The Kier molecular flexibility index (Phi) is 2.43. The molecule has 0 amide bonds. The van der Waals surface area contributed by atoms with Crippen molar-refractivity contribution in [1.29, 1.82) is 0 Å². The Labute approximate surface area is 65.1 Å². The molecule has 0 radical (unpaired) electrons. The van der Waals surface area contributed by atoms with Gasteiger partial charge in [0.25, 0.3) is 10.9 Å². The summed E-state index contributed by atoms with van der Waals surface area (Å²) >= 11 is 0. The summed E-state index contributed by atoms with van der Waals surface area (Å²) in [6.45, 7) is 0. The van der Waals surface area contributed by atoms with E-state index in [2.05, 4.69) is 0 Å². The van der Waals surface area contributed by atoms with E-state index in [1.165, 1.54) is 12.1 Å². The highest BCUT2D eigenvalue weighted by molar-refractivity contribution is 7.73. The second-order valence-electron chi connectivity index (χ2n) is 1.83. The van der Waals surface area contributed by atoms with Gasteiger partial charge in [-0.2, -0.15) is 0 Å². The molecule has 11 heavy (non-hydrogen) atoms. The number of hydrogen-bond acceptors (Lipinski definition) is 2. The molecule has 0 saturated carbocycles. The van der Waals surface area contributed by atoms with Crippen LogP contribution in [0.25, 0.3) is 0 Å². The van der Waals surface area contributed by atoms with E-state index < -0.39 is 10.9 Å². The van der Waals surface area contributed by atoms with Crippen LogP contribution in [-0.4, -0.2) is 8.42 Å². The fourth-order valence-electron chi connectivity index (χ4n) is 0.645. The van der Waals surface area contributed by atoms with Crippen molar-refractivity contribution in [3.05, 3.63) is 30.3 Å². The lowest BCUT2D eigenvalue weighted by atomic mass is 10.3. The van der Waals surface area contributed by atoms with E-state index in [1.807, 2.05) is 0 Å². The van der Waals surface area contributed by atoms with E-state index in [1.54, 1.807) is 18.2 Å². The third-order valence-corrected chi connectivity index (χ3v) is 1.63.